The van der Waals surface area contributed by atoms with Crippen molar-refractivity contribution in [2.24, 2.45) is 0 Å². The predicted octanol–water partition coefficient (Wildman–Crippen LogP) is 1.99. The molecule has 0 radical (unpaired) electrons. The van der Waals surface area contributed by atoms with Crippen LogP contribution in [0.4, 0.5) is 5.69 Å². The summed E-state index contributed by atoms with van der Waals surface area (Å²) in [6, 6.07) is 7.84. The van der Waals surface area contributed by atoms with Crippen molar-refractivity contribution in [1.82, 2.24) is 10.6 Å². The lowest BCUT2D eigenvalue weighted by Crippen LogP contribution is -2.46. The predicted molar refractivity (Wildman–Crippen MR) is 92.8 cm³/mol. The number of piperidine rings is 1. The van der Waals surface area contributed by atoms with Crippen molar-refractivity contribution in [1.29, 1.82) is 0 Å². The van der Waals surface area contributed by atoms with Crippen LogP contribution in [0.2, 0.25) is 0 Å². The fourth-order valence-corrected chi connectivity index (χ4v) is 3.10. The van der Waals surface area contributed by atoms with Crippen molar-refractivity contribution in [2.45, 2.75) is 44.7 Å². The zero-order chi connectivity index (χ0) is 15.4. The second kappa shape index (κ2) is 8.31. The van der Waals surface area contributed by atoms with Crippen LogP contribution in [0.25, 0.3) is 0 Å². The van der Waals surface area contributed by atoms with E-state index >= 15 is 0 Å². The molecular weight excluding hydrogens is 314 g/mol. The molecule has 2 fully saturated rings. The molecule has 2 aliphatic rings. The van der Waals surface area contributed by atoms with Crippen LogP contribution in [0.3, 0.4) is 0 Å². The monoisotopic (exact) mass is 337 g/mol. The molecule has 6 heteroatoms. The van der Waals surface area contributed by atoms with Crippen LogP contribution in [0, 0.1) is 0 Å². The lowest BCUT2D eigenvalue weighted by atomic mass is 10.0. The molecule has 1 aromatic rings. The minimum absolute atomic E-state index is 0. The molecule has 0 aromatic heterocycles. The maximum atomic E-state index is 12.1. The number of anilines is 1. The van der Waals surface area contributed by atoms with Gasteiger partial charge in [0.1, 0.15) is 0 Å². The van der Waals surface area contributed by atoms with Crippen molar-refractivity contribution in [3.8, 4) is 0 Å². The van der Waals surface area contributed by atoms with Crippen LogP contribution in [-0.2, 0) is 16.1 Å². The molecule has 0 bridgehead atoms. The molecule has 0 aliphatic carbocycles. The van der Waals surface area contributed by atoms with Crippen molar-refractivity contribution in [3.05, 3.63) is 29.8 Å². The van der Waals surface area contributed by atoms with Gasteiger partial charge in [-0.25, -0.2) is 0 Å². The van der Waals surface area contributed by atoms with Crippen LogP contribution in [0.15, 0.2) is 24.3 Å². The van der Waals surface area contributed by atoms with E-state index in [0.717, 1.165) is 50.0 Å². The summed E-state index contributed by atoms with van der Waals surface area (Å²) in [6.45, 7) is 2.27. The first-order chi connectivity index (χ1) is 10.7. The lowest BCUT2D eigenvalue weighted by molar-refractivity contribution is -0.123. The molecule has 0 saturated carbocycles. The number of hydrogen-bond acceptors (Lipinski definition) is 3. The highest BCUT2D eigenvalue weighted by molar-refractivity contribution is 5.95. The highest BCUT2D eigenvalue weighted by Gasteiger charge is 2.22. The van der Waals surface area contributed by atoms with Crippen LogP contribution in [0.5, 0.6) is 0 Å². The van der Waals surface area contributed by atoms with Gasteiger partial charge in [0.15, 0.2) is 0 Å². The molecule has 3 rings (SSSR count). The molecule has 0 spiro atoms. The fourth-order valence-electron chi connectivity index (χ4n) is 3.10. The third-order valence-electron chi connectivity index (χ3n) is 4.41. The third-order valence-corrected chi connectivity index (χ3v) is 4.41. The van der Waals surface area contributed by atoms with Gasteiger partial charge in [0.05, 0.1) is 6.04 Å². The molecule has 23 heavy (non-hydrogen) atoms. The standard InChI is InChI=1S/C17H23N3O2.ClH/c21-16-5-3-11-20(16)14-8-6-13(7-9-14)12-19-17(22)15-4-1-2-10-18-15;/h6-9,15,18H,1-5,10-12H2,(H,19,22);1H. The van der Waals surface area contributed by atoms with Crippen molar-refractivity contribution in [2.75, 3.05) is 18.0 Å². The number of benzene rings is 1. The van der Waals surface area contributed by atoms with Crippen LogP contribution >= 0.6 is 12.4 Å². The summed E-state index contributed by atoms with van der Waals surface area (Å²) in [4.78, 5) is 25.6. The van der Waals surface area contributed by atoms with Gasteiger partial charge in [-0.1, -0.05) is 18.6 Å². The molecule has 2 aliphatic heterocycles. The Morgan fingerprint density at radius 3 is 2.61 bits per heavy atom. The van der Waals surface area contributed by atoms with Gasteiger partial charge in [0, 0.05) is 25.2 Å². The molecule has 2 saturated heterocycles. The van der Waals surface area contributed by atoms with E-state index in [0.29, 0.717) is 13.0 Å². The zero-order valence-corrected chi connectivity index (χ0v) is 14.0. The van der Waals surface area contributed by atoms with Gasteiger partial charge in [-0.15, -0.1) is 12.4 Å². The number of carbonyl (C=O) groups is 2. The first kappa shape index (κ1) is 17.8. The summed E-state index contributed by atoms with van der Waals surface area (Å²) < 4.78 is 0. The van der Waals surface area contributed by atoms with Crippen LogP contribution < -0.4 is 15.5 Å². The number of hydrogen-bond donors (Lipinski definition) is 2. The summed E-state index contributed by atoms with van der Waals surface area (Å²) in [5.41, 5.74) is 2.01. The summed E-state index contributed by atoms with van der Waals surface area (Å²) >= 11 is 0. The Morgan fingerprint density at radius 2 is 2.00 bits per heavy atom. The molecule has 1 aromatic carbocycles. The second-order valence-electron chi connectivity index (χ2n) is 6.04. The number of nitrogens with one attached hydrogen (secondary N) is 2. The zero-order valence-electron chi connectivity index (χ0n) is 13.2. The summed E-state index contributed by atoms with van der Waals surface area (Å²) in [6.07, 6.45) is 4.77. The summed E-state index contributed by atoms with van der Waals surface area (Å²) in [5, 5.41) is 6.23. The molecule has 5 nitrogen and oxygen atoms in total. The van der Waals surface area contributed by atoms with E-state index in [1.165, 1.54) is 0 Å². The minimum atomic E-state index is -0.0461. The Hall–Kier alpha value is -1.59. The lowest BCUT2D eigenvalue weighted by Gasteiger charge is -2.22. The Balaban J connectivity index is 0.00000192. The highest BCUT2D eigenvalue weighted by atomic mass is 35.5. The third kappa shape index (κ3) is 4.45. The minimum Gasteiger partial charge on any atom is -0.351 e. The number of carbonyl (C=O) groups excluding carboxylic acids is 2. The van der Waals surface area contributed by atoms with E-state index < -0.39 is 0 Å². The van der Waals surface area contributed by atoms with Crippen molar-refractivity contribution in [3.63, 3.8) is 0 Å². The number of nitrogens with zero attached hydrogens (tertiary/aromatic N) is 1. The van der Waals surface area contributed by atoms with Gasteiger partial charge in [-0.3, -0.25) is 9.59 Å². The van der Waals surface area contributed by atoms with E-state index in [2.05, 4.69) is 10.6 Å². The first-order valence-electron chi connectivity index (χ1n) is 8.14. The van der Waals surface area contributed by atoms with Gasteiger partial charge in [0.2, 0.25) is 11.8 Å². The maximum absolute atomic E-state index is 12.1. The van der Waals surface area contributed by atoms with Gasteiger partial charge < -0.3 is 15.5 Å². The van der Waals surface area contributed by atoms with Crippen LogP contribution in [-0.4, -0.2) is 30.9 Å². The molecule has 2 amide bonds. The van der Waals surface area contributed by atoms with Gasteiger partial charge in [-0.2, -0.15) is 0 Å². The Labute approximate surface area is 143 Å². The topological polar surface area (TPSA) is 61.4 Å². The molecular formula is C17H24ClN3O2. The molecule has 126 valence electrons. The molecule has 1 atom stereocenters. The Morgan fingerprint density at radius 1 is 1.22 bits per heavy atom. The quantitative estimate of drug-likeness (QED) is 0.883. The van der Waals surface area contributed by atoms with E-state index in [-0.39, 0.29) is 30.3 Å². The average Bonchev–Trinajstić information content (AvgIpc) is 3.00. The van der Waals surface area contributed by atoms with Crippen molar-refractivity contribution < 1.29 is 9.59 Å². The summed E-state index contributed by atoms with van der Waals surface area (Å²) in [7, 11) is 0. The second-order valence-corrected chi connectivity index (χ2v) is 6.04. The molecule has 2 heterocycles. The largest absolute Gasteiger partial charge is 0.351 e. The van der Waals surface area contributed by atoms with Gasteiger partial charge >= 0.3 is 0 Å². The first-order valence-corrected chi connectivity index (χ1v) is 8.14. The van der Waals surface area contributed by atoms with Crippen LogP contribution in [0.1, 0.15) is 37.7 Å². The van der Waals surface area contributed by atoms with Crippen molar-refractivity contribution >= 4 is 29.9 Å². The van der Waals surface area contributed by atoms with E-state index in [9.17, 15) is 9.59 Å². The summed E-state index contributed by atoms with van der Waals surface area (Å²) in [5.74, 6) is 0.280. The number of amides is 2. The smallest absolute Gasteiger partial charge is 0.237 e. The molecule has 2 N–H and O–H groups in total. The molecule has 1 unspecified atom stereocenters. The SMILES string of the molecule is Cl.O=C(NCc1ccc(N2CCCC2=O)cc1)C1CCCCN1. The Bertz CT molecular complexity index is 541. The highest BCUT2D eigenvalue weighted by Crippen LogP contribution is 2.21. The van der Waals surface area contributed by atoms with Gasteiger partial charge in [0.25, 0.3) is 0 Å². The van der Waals surface area contributed by atoms with E-state index in [1.54, 1.807) is 0 Å². The maximum Gasteiger partial charge on any atom is 0.237 e. The Kier molecular flexibility index (Phi) is 6.42. The normalized spacial score (nSPS) is 21.0. The fraction of sp³-hybridized carbons (Fsp3) is 0.529. The average molecular weight is 338 g/mol. The van der Waals surface area contributed by atoms with E-state index in [1.807, 2.05) is 29.2 Å². The van der Waals surface area contributed by atoms with E-state index in [4.69, 9.17) is 0 Å². The number of halogens is 1. The van der Waals surface area contributed by atoms with Gasteiger partial charge in [-0.05, 0) is 43.5 Å². The number of rotatable bonds is 4.